The van der Waals surface area contributed by atoms with E-state index in [1.165, 1.54) is 0 Å². The van der Waals surface area contributed by atoms with Crippen LogP contribution < -0.4 is 0 Å². The van der Waals surface area contributed by atoms with Crippen molar-refractivity contribution in [3.8, 4) is 0 Å². The molecule has 0 N–H and O–H groups in total. The summed E-state index contributed by atoms with van der Waals surface area (Å²) in [5.74, 6) is 0. The van der Waals surface area contributed by atoms with Crippen molar-refractivity contribution < 1.29 is 0 Å². The van der Waals surface area contributed by atoms with Crippen molar-refractivity contribution in [2.75, 3.05) is 0 Å². The van der Waals surface area contributed by atoms with Crippen molar-refractivity contribution in [1.29, 1.82) is 0 Å². The summed E-state index contributed by atoms with van der Waals surface area (Å²) in [6.45, 7) is 3.96. The van der Waals surface area contributed by atoms with Gasteiger partial charge in [0.1, 0.15) is 0 Å². The number of aromatic nitrogens is 4. The van der Waals surface area contributed by atoms with Crippen molar-refractivity contribution in [3.05, 3.63) is 0 Å². The zero-order chi connectivity index (χ0) is 6.85. The van der Waals surface area contributed by atoms with Crippen molar-refractivity contribution in [3.63, 3.8) is 0 Å². The minimum atomic E-state index is 0.257. The first kappa shape index (κ1) is 6.41. The van der Waals surface area contributed by atoms with Gasteiger partial charge in [-0.1, -0.05) is 0 Å². The van der Waals surface area contributed by atoms with Gasteiger partial charge in [-0.05, 0) is 24.3 Å². The lowest BCUT2D eigenvalue weighted by Gasteiger charge is -2.09. The van der Waals surface area contributed by atoms with E-state index in [0.717, 1.165) is 0 Å². The molecule has 0 unspecified atom stereocenters. The average molecular weight is 143 g/mol. The molecule has 1 aromatic rings. The van der Waals surface area contributed by atoms with Crippen LogP contribution in [0.2, 0.25) is 0 Å². The zero-order valence-electron chi connectivity index (χ0n) is 5.27. The lowest BCUT2D eigenvalue weighted by Crippen LogP contribution is -2.04. The van der Waals surface area contributed by atoms with Crippen LogP contribution in [0.25, 0.3) is 0 Å². The Bertz CT molecular complexity index is 194. The van der Waals surface area contributed by atoms with Gasteiger partial charge < -0.3 is 12.6 Å². The fraction of sp³-hybridized carbons (Fsp3) is 0.750. The number of rotatable bonds is 1. The second-order valence-corrected chi connectivity index (χ2v) is 2.36. The minimum absolute atomic E-state index is 0.257. The first-order chi connectivity index (χ1) is 4.22. The van der Waals surface area contributed by atoms with Gasteiger partial charge in [0, 0.05) is 11.2 Å². The van der Waals surface area contributed by atoms with Crippen molar-refractivity contribution in [1.82, 2.24) is 20.2 Å². The molecule has 0 amide bonds. The Morgan fingerprint density at radius 3 is 2.44 bits per heavy atom. The van der Waals surface area contributed by atoms with Crippen LogP contribution >= 0.6 is 0 Å². The summed E-state index contributed by atoms with van der Waals surface area (Å²) in [4.78, 5) is 0. The van der Waals surface area contributed by atoms with E-state index >= 15 is 0 Å². The summed E-state index contributed by atoms with van der Waals surface area (Å²) < 4.78 is 1.59. The molecule has 1 rings (SSSR count). The van der Waals surface area contributed by atoms with E-state index in [4.69, 9.17) is 12.6 Å². The maximum Gasteiger partial charge on any atom is 0.0481 e. The molecule has 0 aliphatic rings. The number of hydrogen-bond acceptors (Lipinski definition) is 4. The number of nitrogens with zero attached hydrogens (tertiary/aromatic N) is 4. The minimum Gasteiger partial charge on any atom is -0.739 e. The molecule has 0 atom stereocenters. The Balaban J connectivity index is 2.94. The van der Waals surface area contributed by atoms with E-state index in [1.807, 2.05) is 13.8 Å². The highest BCUT2D eigenvalue weighted by molar-refractivity contribution is 7.58. The van der Waals surface area contributed by atoms with E-state index in [-0.39, 0.29) is 6.04 Å². The maximum atomic E-state index is 4.79. The third-order valence-electron chi connectivity index (χ3n) is 0.952. The molecule has 1 aromatic heterocycles. The molecule has 5 heteroatoms. The molecule has 50 valence electrons. The summed E-state index contributed by atoms with van der Waals surface area (Å²) in [6.07, 6.45) is 0. The van der Waals surface area contributed by atoms with Crippen LogP contribution in [0.15, 0.2) is 5.16 Å². The highest BCUT2D eigenvalue weighted by Crippen LogP contribution is 2.01. The van der Waals surface area contributed by atoms with E-state index in [0.29, 0.717) is 5.16 Å². The van der Waals surface area contributed by atoms with Crippen LogP contribution in [0.4, 0.5) is 0 Å². The predicted molar refractivity (Wildman–Crippen MR) is 33.8 cm³/mol. The van der Waals surface area contributed by atoms with Gasteiger partial charge in [-0.25, -0.2) is 4.68 Å². The average Bonchev–Trinajstić information content (AvgIpc) is 2.13. The summed E-state index contributed by atoms with van der Waals surface area (Å²) in [5.41, 5.74) is 0. The third kappa shape index (κ3) is 1.16. The van der Waals surface area contributed by atoms with E-state index < -0.39 is 0 Å². The van der Waals surface area contributed by atoms with Gasteiger partial charge in [-0.15, -0.1) is 5.10 Å². The molecule has 0 saturated carbocycles. The van der Waals surface area contributed by atoms with Gasteiger partial charge in [-0.2, -0.15) is 0 Å². The summed E-state index contributed by atoms with van der Waals surface area (Å²) in [7, 11) is 0. The smallest absolute Gasteiger partial charge is 0.0481 e. The summed E-state index contributed by atoms with van der Waals surface area (Å²) in [5, 5.41) is 11.1. The van der Waals surface area contributed by atoms with E-state index in [9.17, 15) is 0 Å². The largest absolute Gasteiger partial charge is 0.739 e. The van der Waals surface area contributed by atoms with Crippen LogP contribution in [0.1, 0.15) is 19.9 Å². The SMILES string of the molecule is CC(C)n1nnnc1[S-]. The van der Waals surface area contributed by atoms with Gasteiger partial charge in [0.2, 0.25) is 0 Å². The van der Waals surface area contributed by atoms with E-state index in [2.05, 4.69) is 15.5 Å². The van der Waals surface area contributed by atoms with Crippen LogP contribution in [0, 0.1) is 0 Å². The van der Waals surface area contributed by atoms with Gasteiger partial charge in [0.15, 0.2) is 0 Å². The van der Waals surface area contributed by atoms with Crippen molar-refractivity contribution in [2.45, 2.75) is 25.0 Å². The van der Waals surface area contributed by atoms with E-state index in [1.54, 1.807) is 4.68 Å². The summed E-state index contributed by atoms with van der Waals surface area (Å²) >= 11 is 4.79. The van der Waals surface area contributed by atoms with Crippen LogP contribution in [-0.4, -0.2) is 20.2 Å². The number of tetrazole rings is 1. The molecule has 0 aliphatic carbocycles. The van der Waals surface area contributed by atoms with Crippen LogP contribution in [-0.2, 0) is 12.6 Å². The maximum absolute atomic E-state index is 4.79. The Hall–Kier alpha value is -0.710. The first-order valence-electron chi connectivity index (χ1n) is 2.66. The Kier molecular flexibility index (Phi) is 1.61. The number of hydrogen-bond donors (Lipinski definition) is 0. The van der Waals surface area contributed by atoms with Gasteiger partial charge in [0.05, 0.1) is 0 Å². The highest BCUT2D eigenvalue weighted by Gasteiger charge is 1.96. The molecule has 0 aliphatic heterocycles. The standard InChI is InChI=1S/C4H8N4S/c1-3(2)8-4(9)5-6-7-8/h3H,1-2H3,(H,5,7,9)/p-1. The molecule has 0 saturated heterocycles. The topological polar surface area (TPSA) is 43.6 Å². The highest BCUT2D eigenvalue weighted by atomic mass is 32.1. The second-order valence-electron chi connectivity index (χ2n) is 2.00. The molecule has 1 heterocycles. The van der Waals surface area contributed by atoms with Crippen molar-refractivity contribution in [2.24, 2.45) is 0 Å². The zero-order valence-corrected chi connectivity index (χ0v) is 6.09. The molecule has 0 bridgehead atoms. The molecule has 4 nitrogen and oxygen atoms in total. The quantitative estimate of drug-likeness (QED) is 0.525. The molecule has 0 radical (unpaired) electrons. The summed E-state index contributed by atoms with van der Waals surface area (Å²) in [6, 6.07) is 0.257. The Morgan fingerprint density at radius 1 is 1.56 bits per heavy atom. The molecular formula is C4H7N4S-. The first-order valence-corrected chi connectivity index (χ1v) is 3.07. The third-order valence-corrected chi connectivity index (χ3v) is 1.22. The normalized spacial score (nSPS) is 10.6. The molecule has 0 fully saturated rings. The molecule has 0 spiro atoms. The Labute approximate surface area is 58.7 Å². The molecule has 9 heavy (non-hydrogen) atoms. The lowest BCUT2D eigenvalue weighted by molar-refractivity contribution is 0.478. The van der Waals surface area contributed by atoms with Crippen LogP contribution in [0.3, 0.4) is 0 Å². The fourth-order valence-corrected chi connectivity index (χ4v) is 0.793. The van der Waals surface area contributed by atoms with Gasteiger partial charge in [-0.3, -0.25) is 0 Å². The molecular weight excluding hydrogens is 136 g/mol. The molecule has 0 aromatic carbocycles. The van der Waals surface area contributed by atoms with Gasteiger partial charge >= 0.3 is 0 Å². The van der Waals surface area contributed by atoms with Crippen molar-refractivity contribution >= 4 is 12.6 Å². The fourth-order valence-electron chi connectivity index (χ4n) is 0.510. The monoisotopic (exact) mass is 143 g/mol. The predicted octanol–water partition coefficient (Wildman–Crippen LogP) is 0.160. The lowest BCUT2D eigenvalue weighted by atomic mass is 10.4. The van der Waals surface area contributed by atoms with Gasteiger partial charge in [0.25, 0.3) is 0 Å². The van der Waals surface area contributed by atoms with Crippen LogP contribution in [0.5, 0.6) is 0 Å². The second kappa shape index (κ2) is 2.26. The Morgan fingerprint density at radius 2 is 2.22 bits per heavy atom.